The van der Waals surface area contributed by atoms with Crippen LogP contribution in [0.3, 0.4) is 0 Å². The molecule has 1 heterocycles. The van der Waals surface area contributed by atoms with Gasteiger partial charge in [-0.25, -0.2) is 4.98 Å². The molecule has 0 fully saturated rings. The standard InChI is InChI=1S/C18H15NOS/c1-2-13-21-18-19-16(14-9-5-3-6-10-14)17(20-18)15-11-7-4-8-12-15/h2-12H,1,13H2. The van der Waals surface area contributed by atoms with Crippen molar-refractivity contribution in [2.24, 2.45) is 0 Å². The van der Waals surface area contributed by atoms with E-state index < -0.39 is 0 Å². The summed E-state index contributed by atoms with van der Waals surface area (Å²) in [6.45, 7) is 3.73. The van der Waals surface area contributed by atoms with Gasteiger partial charge in [-0.15, -0.1) is 6.58 Å². The van der Waals surface area contributed by atoms with E-state index in [1.165, 1.54) is 0 Å². The Morgan fingerprint density at radius 3 is 2.19 bits per heavy atom. The highest BCUT2D eigenvalue weighted by Gasteiger charge is 2.16. The predicted molar refractivity (Wildman–Crippen MR) is 88.3 cm³/mol. The molecule has 0 radical (unpaired) electrons. The third-order valence-electron chi connectivity index (χ3n) is 3.02. The highest BCUT2D eigenvalue weighted by molar-refractivity contribution is 7.99. The lowest BCUT2D eigenvalue weighted by molar-refractivity contribution is 0.466. The molecule has 104 valence electrons. The first-order valence-electron chi connectivity index (χ1n) is 6.74. The molecule has 0 aliphatic rings. The third kappa shape index (κ3) is 3.09. The molecule has 0 spiro atoms. The molecule has 21 heavy (non-hydrogen) atoms. The van der Waals surface area contributed by atoms with Crippen molar-refractivity contribution in [2.45, 2.75) is 5.22 Å². The van der Waals surface area contributed by atoms with Crippen molar-refractivity contribution in [1.82, 2.24) is 4.98 Å². The smallest absolute Gasteiger partial charge is 0.257 e. The van der Waals surface area contributed by atoms with Crippen LogP contribution in [-0.4, -0.2) is 10.7 Å². The normalized spacial score (nSPS) is 10.5. The van der Waals surface area contributed by atoms with Gasteiger partial charge < -0.3 is 4.42 Å². The zero-order chi connectivity index (χ0) is 14.5. The van der Waals surface area contributed by atoms with E-state index in [1.54, 1.807) is 11.8 Å². The Balaban J connectivity index is 2.08. The van der Waals surface area contributed by atoms with Crippen molar-refractivity contribution in [2.75, 3.05) is 5.75 Å². The zero-order valence-electron chi connectivity index (χ0n) is 11.5. The number of benzene rings is 2. The number of hydrogen-bond donors (Lipinski definition) is 0. The summed E-state index contributed by atoms with van der Waals surface area (Å²) in [5.74, 6) is 1.59. The molecule has 0 N–H and O–H groups in total. The van der Waals surface area contributed by atoms with Crippen LogP contribution in [0.15, 0.2) is 83.0 Å². The van der Waals surface area contributed by atoms with Crippen LogP contribution in [0.2, 0.25) is 0 Å². The van der Waals surface area contributed by atoms with Crippen LogP contribution in [-0.2, 0) is 0 Å². The molecular weight excluding hydrogens is 278 g/mol. The molecule has 0 bridgehead atoms. The fourth-order valence-corrected chi connectivity index (χ4v) is 2.63. The van der Waals surface area contributed by atoms with Gasteiger partial charge in [-0.3, -0.25) is 0 Å². The van der Waals surface area contributed by atoms with E-state index in [4.69, 9.17) is 4.42 Å². The minimum absolute atomic E-state index is 0.674. The largest absolute Gasteiger partial charge is 0.431 e. The van der Waals surface area contributed by atoms with E-state index in [-0.39, 0.29) is 0 Å². The molecule has 2 aromatic carbocycles. The SMILES string of the molecule is C=CCSc1nc(-c2ccccc2)c(-c2ccccc2)o1. The second kappa shape index (κ2) is 6.46. The lowest BCUT2D eigenvalue weighted by atomic mass is 10.1. The Labute approximate surface area is 128 Å². The van der Waals surface area contributed by atoms with Gasteiger partial charge in [0.1, 0.15) is 5.69 Å². The molecule has 1 aromatic heterocycles. The molecule has 0 saturated carbocycles. The topological polar surface area (TPSA) is 26.0 Å². The summed E-state index contributed by atoms with van der Waals surface area (Å²) in [6.07, 6.45) is 1.85. The number of hydrogen-bond acceptors (Lipinski definition) is 3. The molecule has 0 atom stereocenters. The summed E-state index contributed by atoms with van der Waals surface area (Å²) in [5, 5.41) is 0.674. The Bertz CT molecular complexity index is 662. The summed E-state index contributed by atoms with van der Waals surface area (Å²) in [5.41, 5.74) is 2.98. The lowest BCUT2D eigenvalue weighted by Crippen LogP contribution is -1.81. The van der Waals surface area contributed by atoms with Crippen molar-refractivity contribution in [3.05, 3.63) is 73.3 Å². The number of aromatic nitrogens is 1. The quantitative estimate of drug-likeness (QED) is 0.472. The first-order chi connectivity index (χ1) is 10.4. The maximum Gasteiger partial charge on any atom is 0.257 e. The van der Waals surface area contributed by atoms with Gasteiger partial charge in [0.15, 0.2) is 5.76 Å². The number of rotatable bonds is 5. The first kappa shape index (κ1) is 13.7. The first-order valence-corrected chi connectivity index (χ1v) is 7.72. The Morgan fingerprint density at radius 2 is 1.57 bits per heavy atom. The summed E-state index contributed by atoms with van der Waals surface area (Å²) < 4.78 is 5.96. The van der Waals surface area contributed by atoms with Crippen LogP contribution in [0.4, 0.5) is 0 Å². The minimum atomic E-state index is 0.674. The molecule has 3 rings (SSSR count). The second-order valence-corrected chi connectivity index (χ2v) is 5.46. The Kier molecular flexibility index (Phi) is 4.22. The minimum Gasteiger partial charge on any atom is -0.431 e. The molecule has 0 saturated heterocycles. The molecular formula is C18H15NOS. The van der Waals surface area contributed by atoms with Crippen LogP contribution >= 0.6 is 11.8 Å². The van der Waals surface area contributed by atoms with E-state index in [9.17, 15) is 0 Å². The van der Waals surface area contributed by atoms with Gasteiger partial charge in [0.2, 0.25) is 0 Å². The fourth-order valence-electron chi connectivity index (χ4n) is 2.07. The van der Waals surface area contributed by atoms with Gasteiger partial charge in [-0.05, 0) is 0 Å². The maximum atomic E-state index is 5.96. The summed E-state index contributed by atoms with van der Waals surface area (Å²) in [7, 11) is 0. The van der Waals surface area contributed by atoms with Gasteiger partial charge in [0.25, 0.3) is 5.22 Å². The number of nitrogens with zero attached hydrogens (tertiary/aromatic N) is 1. The molecule has 3 aromatic rings. The van der Waals surface area contributed by atoms with Gasteiger partial charge in [-0.2, -0.15) is 0 Å². The maximum absolute atomic E-state index is 5.96. The molecule has 2 nitrogen and oxygen atoms in total. The van der Waals surface area contributed by atoms with Gasteiger partial charge >= 0.3 is 0 Å². The van der Waals surface area contributed by atoms with Crippen LogP contribution < -0.4 is 0 Å². The van der Waals surface area contributed by atoms with E-state index in [0.29, 0.717) is 5.22 Å². The Morgan fingerprint density at radius 1 is 0.952 bits per heavy atom. The lowest BCUT2D eigenvalue weighted by Gasteiger charge is -2.00. The average Bonchev–Trinajstić information content (AvgIpc) is 2.99. The van der Waals surface area contributed by atoms with Crippen LogP contribution in [0.1, 0.15) is 0 Å². The molecule has 0 aliphatic heterocycles. The zero-order valence-corrected chi connectivity index (χ0v) is 12.3. The second-order valence-electron chi connectivity index (χ2n) is 4.49. The number of thioether (sulfide) groups is 1. The summed E-state index contributed by atoms with van der Waals surface area (Å²) in [4.78, 5) is 4.64. The highest BCUT2D eigenvalue weighted by Crippen LogP contribution is 2.35. The Hall–Kier alpha value is -2.26. The van der Waals surface area contributed by atoms with Crippen LogP contribution in [0.25, 0.3) is 22.6 Å². The summed E-state index contributed by atoms with van der Waals surface area (Å²) >= 11 is 1.55. The van der Waals surface area contributed by atoms with Crippen LogP contribution in [0, 0.1) is 0 Å². The van der Waals surface area contributed by atoms with Crippen molar-refractivity contribution in [3.8, 4) is 22.6 Å². The predicted octanol–water partition coefficient (Wildman–Crippen LogP) is 5.29. The van der Waals surface area contributed by atoms with Gasteiger partial charge in [0, 0.05) is 16.9 Å². The molecule has 0 amide bonds. The van der Waals surface area contributed by atoms with Crippen molar-refractivity contribution >= 4 is 11.8 Å². The third-order valence-corrected chi connectivity index (χ3v) is 3.84. The van der Waals surface area contributed by atoms with E-state index in [0.717, 1.165) is 28.3 Å². The van der Waals surface area contributed by atoms with Crippen molar-refractivity contribution < 1.29 is 4.42 Å². The molecule has 0 aliphatic carbocycles. The van der Waals surface area contributed by atoms with Crippen molar-refractivity contribution in [3.63, 3.8) is 0 Å². The van der Waals surface area contributed by atoms with E-state index in [2.05, 4.69) is 11.6 Å². The monoisotopic (exact) mass is 293 g/mol. The molecule has 0 unspecified atom stereocenters. The van der Waals surface area contributed by atoms with Crippen molar-refractivity contribution in [1.29, 1.82) is 0 Å². The number of oxazole rings is 1. The van der Waals surface area contributed by atoms with E-state index >= 15 is 0 Å². The van der Waals surface area contributed by atoms with Crippen LogP contribution in [0.5, 0.6) is 0 Å². The van der Waals surface area contributed by atoms with Gasteiger partial charge in [0.05, 0.1) is 0 Å². The fraction of sp³-hybridized carbons (Fsp3) is 0.0556. The van der Waals surface area contributed by atoms with E-state index in [1.807, 2.05) is 66.7 Å². The van der Waals surface area contributed by atoms with Gasteiger partial charge in [-0.1, -0.05) is 78.5 Å². The summed E-state index contributed by atoms with van der Waals surface area (Å²) in [6, 6.07) is 20.2. The molecule has 3 heteroatoms. The average molecular weight is 293 g/mol. The highest BCUT2D eigenvalue weighted by atomic mass is 32.2.